The van der Waals surface area contributed by atoms with Gasteiger partial charge in [-0.25, -0.2) is 17.9 Å². The van der Waals surface area contributed by atoms with Gasteiger partial charge in [-0.1, -0.05) is 0 Å². The summed E-state index contributed by atoms with van der Waals surface area (Å²) in [5.74, 6) is 0. The van der Waals surface area contributed by atoms with Gasteiger partial charge in [0, 0.05) is 12.1 Å². The lowest BCUT2D eigenvalue weighted by Crippen LogP contribution is -2.46. The lowest BCUT2D eigenvalue weighted by atomic mass is 10.0. The molecule has 1 aromatic carbocycles. The summed E-state index contributed by atoms with van der Waals surface area (Å²) in [7, 11) is -3.58. The highest BCUT2D eigenvalue weighted by atomic mass is 32.2. The van der Waals surface area contributed by atoms with Gasteiger partial charge in [0.05, 0.1) is 15.9 Å². The van der Waals surface area contributed by atoms with Crippen molar-refractivity contribution in [3.05, 3.63) is 28.7 Å². The van der Waals surface area contributed by atoms with E-state index < -0.39 is 10.0 Å². The van der Waals surface area contributed by atoms with Gasteiger partial charge in [-0.3, -0.25) is 0 Å². The molecule has 3 rings (SSSR count). The average Bonchev–Trinajstić information content (AvgIpc) is 2.77. The van der Waals surface area contributed by atoms with Crippen LogP contribution in [0.5, 0.6) is 0 Å². The molecule has 2 atom stereocenters. The number of nitrogens with one attached hydrogen (secondary N) is 4. The predicted molar refractivity (Wildman–Crippen MR) is 79.7 cm³/mol. The summed E-state index contributed by atoms with van der Waals surface area (Å²) in [4.78, 5) is 16.5. The standard InChI is InChI=1S/C13H18N4O3S/c1-8-6-9(4-5-14-8)17-21(19,20)10-2-3-11-12(7-10)16-13(18)15-11/h2-3,7-9,14,17H,4-6H2,1H3,(H2,15,16,18). The van der Waals surface area contributed by atoms with E-state index in [0.717, 1.165) is 19.4 Å². The van der Waals surface area contributed by atoms with Gasteiger partial charge < -0.3 is 15.3 Å². The lowest BCUT2D eigenvalue weighted by Gasteiger charge is -2.28. The number of imidazole rings is 1. The van der Waals surface area contributed by atoms with Crippen molar-refractivity contribution in [1.29, 1.82) is 0 Å². The Labute approximate surface area is 122 Å². The number of H-pyrrole nitrogens is 2. The summed E-state index contributed by atoms with van der Waals surface area (Å²) in [5, 5.41) is 3.29. The topological polar surface area (TPSA) is 107 Å². The van der Waals surface area contributed by atoms with Gasteiger partial charge in [0.25, 0.3) is 0 Å². The van der Waals surface area contributed by atoms with Crippen LogP contribution in [0, 0.1) is 0 Å². The van der Waals surface area contributed by atoms with Crippen LogP contribution >= 0.6 is 0 Å². The molecule has 1 aromatic heterocycles. The maximum Gasteiger partial charge on any atom is 0.323 e. The number of aromatic amines is 2. The molecule has 1 aliphatic rings. The number of fused-ring (bicyclic) bond motifs is 1. The van der Waals surface area contributed by atoms with Crippen molar-refractivity contribution in [1.82, 2.24) is 20.0 Å². The molecule has 4 N–H and O–H groups in total. The largest absolute Gasteiger partial charge is 0.323 e. The molecule has 1 aliphatic heterocycles. The first-order valence-electron chi connectivity index (χ1n) is 6.92. The highest BCUT2D eigenvalue weighted by molar-refractivity contribution is 7.89. The van der Waals surface area contributed by atoms with E-state index in [1.54, 1.807) is 6.07 Å². The Balaban J connectivity index is 1.86. The molecule has 8 heteroatoms. The average molecular weight is 310 g/mol. The van der Waals surface area contributed by atoms with Gasteiger partial charge >= 0.3 is 5.69 Å². The normalized spacial score (nSPS) is 23.5. The van der Waals surface area contributed by atoms with Crippen molar-refractivity contribution in [3.8, 4) is 0 Å². The Morgan fingerprint density at radius 2 is 2.00 bits per heavy atom. The molecule has 1 fully saturated rings. The SMILES string of the molecule is CC1CC(NS(=O)(=O)c2ccc3[nH]c(=O)[nH]c3c2)CCN1. The number of benzene rings is 1. The van der Waals surface area contributed by atoms with E-state index in [2.05, 4.69) is 20.0 Å². The van der Waals surface area contributed by atoms with Crippen LogP contribution < -0.4 is 15.7 Å². The van der Waals surface area contributed by atoms with Crippen LogP contribution in [0.15, 0.2) is 27.9 Å². The van der Waals surface area contributed by atoms with Gasteiger partial charge in [0.15, 0.2) is 0 Å². The highest BCUT2D eigenvalue weighted by Crippen LogP contribution is 2.17. The zero-order chi connectivity index (χ0) is 15.0. The zero-order valence-electron chi connectivity index (χ0n) is 11.6. The van der Waals surface area contributed by atoms with Crippen molar-refractivity contribution in [2.45, 2.75) is 36.7 Å². The number of rotatable bonds is 3. The van der Waals surface area contributed by atoms with Crippen LogP contribution in [0.3, 0.4) is 0 Å². The molecular formula is C13H18N4O3S. The number of aromatic nitrogens is 2. The monoisotopic (exact) mass is 310 g/mol. The Hall–Kier alpha value is -1.64. The summed E-state index contributed by atoms with van der Waals surface area (Å²) in [6, 6.07) is 4.80. The second-order valence-electron chi connectivity index (χ2n) is 5.48. The summed E-state index contributed by atoms with van der Waals surface area (Å²) < 4.78 is 27.6. The van der Waals surface area contributed by atoms with Crippen LogP contribution in [0.2, 0.25) is 0 Å². The third kappa shape index (κ3) is 3.02. The maximum absolute atomic E-state index is 12.4. The first kappa shape index (κ1) is 14.3. The fraction of sp³-hybridized carbons (Fsp3) is 0.462. The van der Waals surface area contributed by atoms with E-state index in [-0.39, 0.29) is 16.6 Å². The Morgan fingerprint density at radius 3 is 2.76 bits per heavy atom. The van der Waals surface area contributed by atoms with Gasteiger partial charge in [0.2, 0.25) is 10.0 Å². The quantitative estimate of drug-likeness (QED) is 0.653. The minimum atomic E-state index is -3.58. The van der Waals surface area contributed by atoms with E-state index in [0.29, 0.717) is 17.1 Å². The maximum atomic E-state index is 12.4. The fourth-order valence-electron chi connectivity index (χ4n) is 2.71. The second kappa shape index (κ2) is 5.28. The van der Waals surface area contributed by atoms with Crippen LogP contribution in [0.4, 0.5) is 0 Å². The van der Waals surface area contributed by atoms with Crippen LogP contribution in [-0.4, -0.2) is 37.0 Å². The highest BCUT2D eigenvalue weighted by Gasteiger charge is 2.24. The minimum absolute atomic E-state index is 0.0628. The molecule has 2 unspecified atom stereocenters. The van der Waals surface area contributed by atoms with E-state index >= 15 is 0 Å². The minimum Gasteiger partial charge on any atom is -0.314 e. The Morgan fingerprint density at radius 1 is 1.24 bits per heavy atom. The van der Waals surface area contributed by atoms with Crippen molar-refractivity contribution in [2.24, 2.45) is 0 Å². The molecule has 2 aromatic rings. The van der Waals surface area contributed by atoms with E-state index in [1.165, 1.54) is 12.1 Å². The molecule has 0 saturated carbocycles. The molecule has 0 radical (unpaired) electrons. The van der Waals surface area contributed by atoms with E-state index in [1.807, 2.05) is 6.92 Å². The van der Waals surface area contributed by atoms with Gasteiger partial charge in [-0.2, -0.15) is 0 Å². The molecule has 0 amide bonds. The Kier molecular flexibility index (Phi) is 3.60. The van der Waals surface area contributed by atoms with Crippen LogP contribution in [0.1, 0.15) is 19.8 Å². The van der Waals surface area contributed by atoms with Crippen molar-refractivity contribution >= 4 is 21.1 Å². The van der Waals surface area contributed by atoms with Crippen LogP contribution in [0.25, 0.3) is 11.0 Å². The first-order valence-corrected chi connectivity index (χ1v) is 8.40. The van der Waals surface area contributed by atoms with Crippen LogP contribution in [-0.2, 0) is 10.0 Å². The number of piperidine rings is 1. The fourth-order valence-corrected chi connectivity index (χ4v) is 4.01. The Bertz CT molecular complexity index is 808. The first-order chi connectivity index (χ1) is 9.94. The molecule has 114 valence electrons. The van der Waals surface area contributed by atoms with E-state index in [4.69, 9.17) is 0 Å². The van der Waals surface area contributed by atoms with E-state index in [9.17, 15) is 13.2 Å². The second-order valence-corrected chi connectivity index (χ2v) is 7.20. The lowest BCUT2D eigenvalue weighted by molar-refractivity contribution is 0.361. The summed E-state index contributed by atoms with van der Waals surface area (Å²) in [5.41, 5.74) is 0.732. The predicted octanol–water partition coefficient (Wildman–Crippen LogP) is 0.275. The molecule has 0 spiro atoms. The molecule has 0 bridgehead atoms. The van der Waals surface area contributed by atoms with Gasteiger partial charge in [-0.05, 0) is 44.5 Å². The molecule has 0 aliphatic carbocycles. The van der Waals surface area contributed by atoms with Crippen molar-refractivity contribution in [2.75, 3.05) is 6.54 Å². The molecule has 21 heavy (non-hydrogen) atoms. The number of sulfonamides is 1. The van der Waals surface area contributed by atoms with Crippen molar-refractivity contribution < 1.29 is 8.42 Å². The summed E-state index contributed by atoms with van der Waals surface area (Å²) in [6.45, 7) is 2.84. The zero-order valence-corrected chi connectivity index (χ0v) is 12.5. The summed E-state index contributed by atoms with van der Waals surface area (Å²) >= 11 is 0. The number of hydrogen-bond acceptors (Lipinski definition) is 4. The van der Waals surface area contributed by atoms with Gasteiger partial charge in [-0.15, -0.1) is 0 Å². The smallest absolute Gasteiger partial charge is 0.314 e. The third-order valence-corrected chi connectivity index (χ3v) is 5.26. The van der Waals surface area contributed by atoms with Gasteiger partial charge in [0.1, 0.15) is 0 Å². The molecule has 1 saturated heterocycles. The number of hydrogen-bond donors (Lipinski definition) is 4. The third-order valence-electron chi connectivity index (χ3n) is 3.74. The van der Waals surface area contributed by atoms with Crippen molar-refractivity contribution in [3.63, 3.8) is 0 Å². The molecule has 7 nitrogen and oxygen atoms in total. The molecule has 2 heterocycles. The summed E-state index contributed by atoms with van der Waals surface area (Å²) in [6.07, 6.45) is 1.54. The molecular weight excluding hydrogens is 292 g/mol.